The Kier molecular flexibility index (Phi) is 5.95. The van der Waals surface area contributed by atoms with Crippen LogP contribution in [0.15, 0.2) is 127 Å². The zero-order chi connectivity index (χ0) is 32.3. The van der Waals surface area contributed by atoms with Gasteiger partial charge >= 0.3 is 293 Å². The van der Waals surface area contributed by atoms with E-state index in [4.69, 9.17) is 68.3 Å². The standard InChI is InChI=1S/C32H16N8.C2HCl3O2.Ga/c1-2-10-18-17(9-1)25-33-26(18)38-28-21-13-5-6-14-22(21)30(35-28)40-32-24-16-8-7-15-23(24)31(36-32)39-29-20-12-4-3-11-19(20)27(34-29)37-25;3-2(4,5)1(6)7;/h1-16H;(H,6,7);/q-2;;+3/p-1. The number of alkyl halides is 3. The first-order chi connectivity index (χ1) is 23.3. The summed E-state index contributed by atoms with van der Waals surface area (Å²) in [4.78, 5) is 44.4. The van der Waals surface area contributed by atoms with Gasteiger partial charge in [0.05, 0.1) is 0 Å². The van der Waals surface area contributed by atoms with Gasteiger partial charge in [0.2, 0.25) is 0 Å². The van der Waals surface area contributed by atoms with Gasteiger partial charge in [-0.1, -0.05) is 0 Å². The van der Waals surface area contributed by atoms with Crippen molar-refractivity contribution >= 4 is 114 Å². The molecule has 6 aromatic rings. The Labute approximate surface area is 291 Å². The normalized spacial score (nSPS) is 15.4. The van der Waals surface area contributed by atoms with Crippen LogP contribution in [-0.4, -0.2) is 56.7 Å². The predicted octanol–water partition coefficient (Wildman–Crippen LogP) is 5.83. The first kappa shape index (κ1) is 28.2. The average molecular weight is 745 g/mol. The first-order valence-electron chi connectivity index (χ1n) is 14.9. The monoisotopic (exact) mass is 742 g/mol. The first-order valence-corrected chi connectivity index (χ1v) is 19.2. The van der Waals surface area contributed by atoms with Crippen LogP contribution in [0.1, 0.15) is 22.3 Å². The van der Waals surface area contributed by atoms with Crippen LogP contribution < -0.4 is 11.0 Å². The number of benzene rings is 4. The quantitative estimate of drug-likeness (QED) is 0.156. The molecule has 4 aliphatic rings. The summed E-state index contributed by atoms with van der Waals surface area (Å²) >= 11 is 14.4. The second-order valence-corrected chi connectivity index (χ2v) is 17.7. The number of carbonyl (C=O) groups excluding carboxylic acids is 1. The summed E-state index contributed by atoms with van der Waals surface area (Å²) < 4.78 is 7.86. The molecule has 0 spiro atoms. The van der Waals surface area contributed by atoms with Crippen molar-refractivity contribution in [2.24, 2.45) is 30.0 Å². The molecule has 0 N–H and O–H groups in total. The van der Waals surface area contributed by atoms with E-state index in [0.29, 0.717) is 46.0 Å². The van der Waals surface area contributed by atoms with E-state index in [1.807, 2.05) is 104 Å². The van der Waals surface area contributed by atoms with Gasteiger partial charge in [-0.25, -0.2) is 0 Å². The van der Waals surface area contributed by atoms with Gasteiger partial charge in [0.25, 0.3) is 0 Å². The van der Waals surface area contributed by atoms with Crippen LogP contribution in [0.5, 0.6) is 0 Å². The van der Waals surface area contributed by atoms with Gasteiger partial charge < -0.3 is 0 Å². The van der Waals surface area contributed by atoms with Crippen molar-refractivity contribution in [2.75, 3.05) is 0 Å². The summed E-state index contributed by atoms with van der Waals surface area (Å²) in [5.41, 5.74) is 4.27. The van der Waals surface area contributed by atoms with Gasteiger partial charge in [-0.3, -0.25) is 0 Å². The van der Waals surface area contributed by atoms with Crippen LogP contribution in [0.3, 0.4) is 0 Å². The number of aliphatic imine (C=N–C) groups is 4. The van der Waals surface area contributed by atoms with Gasteiger partial charge in [-0.15, -0.1) is 0 Å². The van der Waals surface area contributed by atoms with Gasteiger partial charge in [0, 0.05) is 0 Å². The number of amidine groups is 4. The SMILES string of the molecule is O=C([O][Ga]1[n]2c3c4ccccc4c2N=C2N=C(N=c4c5ccccc5c([n]41)=NC1=NC(=N3)c3ccccc31)c1ccccc12)C(Cl)(Cl)Cl. The summed E-state index contributed by atoms with van der Waals surface area (Å²) in [6, 6.07) is 31.2. The summed E-state index contributed by atoms with van der Waals surface area (Å²) in [6.45, 7) is 0. The molecule has 228 valence electrons. The summed E-state index contributed by atoms with van der Waals surface area (Å²) in [6.07, 6.45) is 0. The molecule has 0 unspecified atom stereocenters. The van der Waals surface area contributed by atoms with Gasteiger partial charge in [-0.05, 0) is 0 Å². The Morgan fingerprint density at radius 3 is 1.31 bits per heavy atom. The molecule has 0 fully saturated rings. The molecule has 4 aromatic carbocycles. The number of nitrogens with zero attached hydrogens (tertiary/aromatic N) is 8. The molecule has 6 heterocycles. The molecule has 10 rings (SSSR count). The number of fused-ring (bicyclic) bond motifs is 14. The van der Waals surface area contributed by atoms with E-state index in [9.17, 15) is 4.79 Å². The van der Waals surface area contributed by atoms with Crippen LogP contribution in [0.25, 0.3) is 21.5 Å². The van der Waals surface area contributed by atoms with E-state index in [-0.39, 0.29) is 0 Å². The zero-order valence-corrected chi connectivity index (χ0v) is 29.0. The van der Waals surface area contributed by atoms with Gasteiger partial charge in [-0.2, -0.15) is 0 Å². The molecule has 48 heavy (non-hydrogen) atoms. The van der Waals surface area contributed by atoms with Gasteiger partial charge in [0.15, 0.2) is 0 Å². The molecule has 2 aromatic heterocycles. The third kappa shape index (κ3) is 3.99. The minimum absolute atomic E-state index is 0.467. The van der Waals surface area contributed by atoms with Crippen LogP contribution in [0, 0.1) is 0 Å². The van der Waals surface area contributed by atoms with Crippen LogP contribution in [-0.2, 0) is 8.32 Å². The molecule has 6 bridgehead atoms. The fraction of sp³-hybridized carbons (Fsp3) is 0.0294. The van der Waals surface area contributed by atoms with Crippen molar-refractivity contribution in [3.8, 4) is 0 Å². The molecular formula is C34H16Cl3GaN8O2. The molecular weight excluding hydrogens is 729 g/mol. The van der Waals surface area contributed by atoms with E-state index < -0.39 is 26.8 Å². The molecule has 0 saturated carbocycles. The second-order valence-electron chi connectivity index (χ2n) is 11.4. The van der Waals surface area contributed by atoms with Crippen molar-refractivity contribution in [1.82, 2.24) is 6.55 Å². The molecule has 14 heteroatoms. The molecule has 0 radical (unpaired) electrons. The van der Waals surface area contributed by atoms with Crippen molar-refractivity contribution in [1.29, 1.82) is 0 Å². The van der Waals surface area contributed by atoms with E-state index in [1.165, 1.54) is 0 Å². The molecule has 0 atom stereocenters. The fourth-order valence-corrected chi connectivity index (χ4v) is 12.4. The summed E-state index contributed by atoms with van der Waals surface area (Å²) in [5, 5.41) is 3.09. The Morgan fingerprint density at radius 1 is 0.521 bits per heavy atom. The Balaban J connectivity index is 1.49. The van der Waals surface area contributed by atoms with Crippen molar-refractivity contribution in [2.45, 2.75) is 3.79 Å². The zero-order valence-electron chi connectivity index (χ0n) is 24.3. The number of hydrogen-bond acceptors (Lipinski definition) is 8. The molecule has 4 aliphatic heterocycles. The van der Waals surface area contributed by atoms with Crippen molar-refractivity contribution in [3.05, 3.63) is 130 Å². The molecule has 0 amide bonds. The van der Waals surface area contributed by atoms with E-state index in [2.05, 4.69) is 0 Å². The summed E-state index contributed by atoms with van der Waals surface area (Å²) in [7, 11) is 0. The fourth-order valence-electron chi connectivity index (χ4n) is 6.65. The number of hydrogen-bond donors (Lipinski definition) is 0. The van der Waals surface area contributed by atoms with Crippen LogP contribution >= 0.6 is 34.8 Å². The van der Waals surface area contributed by atoms with Crippen molar-refractivity contribution in [3.63, 3.8) is 0 Å². The minimum atomic E-state index is -4.21. The van der Waals surface area contributed by atoms with Gasteiger partial charge in [0.1, 0.15) is 0 Å². The topological polar surface area (TPSA) is 110 Å². The molecule has 0 aliphatic carbocycles. The third-order valence-electron chi connectivity index (χ3n) is 8.70. The van der Waals surface area contributed by atoms with Crippen molar-refractivity contribution < 1.29 is 8.32 Å². The van der Waals surface area contributed by atoms with Crippen LogP contribution in [0.4, 0.5) is 11.6 Å². The predicted molar refractivity (Wildman–Crippen MR) is 187 cm³/mol. The van der Waals surface area contributed by atoms with E-state index >= 15 is 0 Å². The summed E-state index contributed by atoms with van der Waals surface area (Å²) in [5.74, 6) is 1.83. The number of rotatable bonds is 1. The number of aromatic nitrogens is 2. The maximum absolute atomic E-state index is 13.7. The van der Waals surface area contributed by atoms with Crippen LogP contribution in [0.2, 0.25) is 0 Å². The molecule has 10 nitrogen and oxygen atoms in total. The Morgan fingerprint density at radius 2 is 0.896 bits per heavy atom. The molecule has 0 saturated heterocycles. The third-order valence-corrected chi connectivity index (χ3v) is 14.0. The Hall–Kier alpha value is -4.78. The van der Waals surface area contributed by atoms with E-state index in [1.54, 1.807) is 0 Å². The maximum atomic E-state index is 13.7. The Bertz CT molecular complexity index is 2570. The van der Waals surface area contributed by atoms with E-state index in [0.717, 1.165) is 43.8 Å². The number of halogens is 3. The second kappa shape index (κ2) is 10.1. The number of carbonyl (C=O) groups is 1. The average Bonchev–Trinajstić information content (AvgIpc) is 3.80.